The predicted molar refractivity (Wildman–Crippen MR) is 135 cm³/mol. The Labute approximate surface area is 195 Å². The van der Waals surface area contributed by atoms with Gasteiger partial charge in [-0.15, -0.1) is 15.0 Å². The maximum Gasteiger partial charge on any atom is 0.331 e. The summed E-state index contributed by atoms with van der Waals surface area (Å²) in [5, 5.41) is 0. The summed E-state index contributed by atoms with van der Waals surface area (Å²) >= 11 is 0. The topological polar surface area (TPSA) is 66.4 Å². The molecule has 0 atom stereocenters. The van der Waals surface area contributed by atoms with Crippen molar-refractivity contribution in [1.82, 2.24) is 15.0 Å². The van der Waals surface area contributed by atoms with Crippen LogP contribution in [0.4, 0.5) is 0 Å². The van der Waals surface area contributed by atoms with Crippen molar-refractivity contribution in [2.45, 2.75) is 0 Å². The molecule has 0 amide bonds. The molecular formula is C27H27N3O3. The second kappa shape index (κ2) is 16.0. The van der Waals surface area contributed by atoms with Crippen molar-refractivity contribution in [2.24, 2.45) is 0 Å². The lowest BCUT2D eigenvalue weighted by Crippen LogP contribution is -2.06. The fraction of sp³-hybridized carbons (Fsp3) is 0. The second-order valence-corrected chi connectivity index (χ2v) is 5.67. The number of hydrogen-bond donors (Lipinski definition) is 0. The lowest BCUT2D eigenvalue weighted by molar-refractivity contribution is 0.333. The molecule has 0 unspecified atom stereocenters. The smallest absolute Gasteiger partial charge is 0.331 e. The van der Waals surface area contributed by atoms with Crippen LogP contribution in [-0.4, -0.2) is 15.0 Å². The highest BCUT2D eigenvalue weighted by molar-refractivity contribution is 5.26. The van der Waals surface area contributed by atoms with Gasteiger partial charge in [0, 0.05) is 0 Å². The van der Waals surface area contributed by atoms with Gasteiger partial charge in [-0.3, -0.25) is 0 Å². The quantitative estimate of drug-likeness (QED) is 0.230. The minimum absolute atomic E-state index is 0.0664. The zero-order valence-electron chi connectivity index (χ0n) is 18.5. The molecule has 1 heterocycles. The van der Waals surface area contributed by atoms with Crippen LogP contribution < -0.4 is 14.2 Å². The van der Waals surface area contributed by atoms with E-state index in [9.17, 15) is 0 Å². The fourth-order valence-electron chi connectivity index (χ4n) is 1.89. The van der Waals surface area contributed by atoms with E-state index >= 15 is 0 Å². The van der Waals surface area contributed by atoms with Crippen LogP contribution in [-0.2, 0) is 0 Å². The van der Waals surface area contributed by atoms with Gasteiger partial charge in [0.2, 0.25) is 0 Å². The van der Waals surface area contributed by atoms with Gasteiger partial charge in [-0.05, 0) is 36.5 Å². The molecule has 0 aliphatic carbocycles. The third-order valence-electron chi connectivity index (χ3n) is 3.33. The molecule has 0 spiro atoms. The number of nitrogens with zero attached hydrogens (tertiary/aromatic N) is 3. The number of ether oxygens (including phenoxy) is 3. The molecule has 0 aliphatic heterocycles. The van der Waals surface area contributed by atoms with Crippen LogP contribution in [0.3, 0.4) is 0 Å². The summed E-state index contributed by atoms with van der Waals surface area (Å²) in [7, 11) is 0. The number of hydrogen-bond acceptors (Lipinski definition) is 6. The van der Waals surface area contributed by atoms with Gasteiger partial charge < -0.3 is 14.2 Å². The lowest BCUT2D eigenvalue weighted by atomic mass is 10.4. The maximum absolute atomic E-state index is 5.71. The maximum atomic E-state index is 5.71. The second-order valence-electron chi connectivity index (χ2n) is 5.67. The minimum atomic E-state index is -0.0664. The largest absolute Gasteiger partial charge is 0.424 e. The molecule has 0 saturated carbocycles. The average Bonchev–Trinajstić information content (AvgIpc) is 2.82. The normalized spacial score (nSPS) is 12.5. The highest BCUT2D eigenvalue weighted by Crippen LogP contribution is 2.20. The molecule has 6 nitrogen and oxygen atoms in total. The van der Waals surface area contributed by atoms with Crippen molar-refractivity contribution in [3.63, 3.8) is 0 Å². The van der Waals surface area contributed by atoms with Gasteiger partial charge in [0.05, 0.1) is 0 Å². The number of aromatic nitrogens is 3. The van der Waals surface area contributed by atoms with Gasteiger partial charge in [-0.2, -0.15) is 0 Å². The Kier molecular flexibility index (Phi) is 12.8. The van der Waals surface area contributed by atoms with Crippen LogP contribution in [0.5, 0.6) is 18.0 Å². The predicted octanol–water partition coefficient (Wildman–Crippen LogP) is 6.44. The van der Waals surface area contributed by atoms with Crippen LogP contribution in [0.1, 0.15) is 0 Å². The van der Waals surface area contributed by atoms with Crippen molar-refractivity contribution in [2.75, 3.05) is 0 Å². The number of allylic oxidation sites excluding steroid dienone is 15. The average molecular weight is 442 g/mol. The van der Waals surface area contributed by atoms with E-state index in [4.69, 9.17) is 14.2 Å². The Balaban J connectivity index is 3.39. The van der Waals surface area contributed by atoms with E-state index in [1.54, 1.807) is 72.9 Å². The Morgan fingerprint density at radius 1 is 0.455 bits per heavy atom. The van der Waals surface area contributed by atoms with Gasteiger partial charge in [-0.1, -0.05) is 94.2 Å². The van der Waals surface area contributed by atoms with Crippen LogP contribution >= 0.6 is 0 Å². The van der Waals surface area contributed by atoms with Crippen molar-refractivity contribution < 1.29 is 14.2 Å². The summed E-state index contributed by atoms with van der Waals surface area (Å²) in [6.07, 6.45) is 24.8. The highest BCUT2D eigenvalue weighted by atomic mass is 16.5. The summed E-state index contributed by atoms with van der Waals surface area (Å²) in [6, 6.07) is -0.199. The SMILES string of the molecule is C=C/C=C\C=C(/C=C)Oc1nc(O/C(C=C)=C/C=C\C=C)nc(O/C(C=C)=C/C=C\C=C)n1. The Morgan fingerprint density at radius 3 is 0.939 bits per heavy atom. The first-order chi connectivity index (χ1) is 16.1. The molecule has 0 aliphatic rings. The van der Waals surface area contributed by atoms with Gasteiger partial charge in [0.1, 0.15) is 17.3 Å². The summed E-state index contributed by atoms with van der Waals surface area (Å²) in [6.45, 7) is 22.0. The molecule has 0 aromatic carbocycles. The molecule has 1 aromatic rings. The molecule has 168 valence electrons. The Morgan fingerprint density at radius 2 is 0.727 bits per heavy atom. The summed E-state index contributed by atoms with van der Waals surface area (Å²) < 4.78 is 17.1. The molecule has 1 aromatic heterocycles. The molecule has 6 heteroatoms. The van der Waals surface area contributed by atoms with E-state index in [1.807, 2.05) is 0 Å². The van der Waals surface area contributed by atoms with Gasteiger partial charge in [0.15, 0.2) is 0 Å². The van der Waals surface area contributed by atoms with Crippen LogP contribution in [0.2, 0.25) is 0 Å². The fourth-order valence-corrected chi connectivity index (χ4v) is 1.89. The minimum Gasteiger partial charge on any atom is -0.424 e. The zero-order valence-corrected chi connectivity index (χ0v) is 18.5. The molecule has 0 bridgehead atoms. The summed E-state index contributed by atoms with van der Waals surface area (Å²) in [4.78, 5) is 12.6. The third-order valence-corrected chi connectivity index (χ3v) is 3.33. The van der Waals surface area contributed by atoms with E-state index in [0.717, 1.165) is 0 Å². The molecular weight excluding hydrogens is 414 g/mol. The van der Waals surface area contributed by atoms with Gasteiger partial charge in [-0.25, -0.2) is 0 Å². The van der Waals surface area contributed by atoms with E-state index in [-0.39, 0.29) is 18.0 Å². The zero-order chi connectivity index (χ0) is 24.3. The summed E-state index contributed by atoms with van der Waals surface area (Å²) in [5.74, 6) is 1.16. The molecule has 0 saturated heterocycles. The van der Waals surface area contributed by atoms with Crippen molar-refractivity contribution in [3.05, 3.63) is 148 Å². The first-order valence-electron chi connectivity index (χ1n) is 9.75. The third kappa shape index (κ3) is 10.8. The van der Waals surface area contributed by atoms with Crippen molar-refractivity contribution in [1.29, 1.82) is 0 Å². The Bertz CT molecular complexity index is 909. The monoisotopic (exact) mass is 441 g/mol. The van der Waals surface area contributed by atoms with Crippen molar-refractivity contribution in [3.8, 4) is 18.0 Å². The van der Waals surface area contributed by atoms with E-state index in [1.165, 1.54) is 18.2 Å². The molecule has 0 radical (unpaired) electrons. The van der Waals surface area contributed by atoms with Crippen LogP contribution in [0, 0.1) is 0 Å². The van der Waals surface area contributed by atoms with Gasteiger partial charge in [0.25, 0.3) is 0 Å². The highest BCUT2D eigenvalue weighted by Gasteiger charge is 2.13. The van der Waals surface area contributed by atoms with E-state index in [0.29, 0.717) is 17.3 Å². The molecule has 33 heavy (non-hydrogen) atoms. The lowest BCUT2D eigenvalue weighted by Gasteiger charge is -2.10. The molecule has 1 rings (SSSR count). The van der Waals surface area contributed by atoms with E-state index < -0.39 is 0 Å². The van der Waals surface area contributed by atoms with E-state index in [2.05, 4.69) is 54.4 Å². The first-order valence-corrected chi connectivity index (χ1v) is 9.75. The Hall–Kier alpha value is -4.71. The first kappa shape index (κ1) is 26.3. The summed E-state index contributed by atoms with van der Waals surface area (Å²) in [5.41, 5.74) is 0. The molecule has 0 N–H and O–H groups in total. The van der Waals surface area contributed by atoms with Crippen LogP contribution in [0.15, 0.2) is 148 Å². The van der Waals surface area contributed by atoms with Gasteiger partial charge >= 0.3 is 18.0 Å². The van der Waals surface area contributed by atoms with Crippen LogP contribution in [0.25, 0.3) is 0 Å². The van der Waals surface area contributed by atoms with Crippen molar-refractivity contribution >= 4 is 0 Å². The number of rotatable bonds is 15. The molecule has 0 fully saturated rings. The standard InChI is InChI=1S/C27H27N3O3/c1-7-13-16-19-22(10-4)31-25-28-26(32-23(11-5)20-17-14-8-2)30-27(29-25)33-24(12-6)21-18-15-9-3/h7-21H,1-6H2/b16-13-,17-14-,18-15-,22-19+,23-20+,24-21+.